The van der Waals surface area contributed by atoms with E-state index in [1.807, 2.05) is 13.8 Å². The molecule has 0 aromatic rings. The van der Waals surface area contributed by atoms with Gasteiger partial charge in [0.25, 0.3) is 0 Å². The Bertz CT molecular complexity index is 294. The largest absolute Gasteiger partial charge is 0.458 e. The van der Waals surface area contributed by atoms with Gasteiger partial charge in [-0.25, -0.2) is 4.79 Å². The fourth-order valence-corrected chi connectivity index (χ4v) is 1.37. The molecule has 5 nitrogen and oxygen atoms in total. The maximum absolute atomic E-state index is 11.8. The molecular formula is C13H25NO4. The molecule has 18 heavy (non-hydrogen) atoms. The predicted octanol–water partition coefficient (Wildman–Crippen LogP) is 1.10. The number of rotatable bonds is 5. The molecule has 106 valence electrons. The lowest BCUT2D eigenvalue weighted by Gasteiger charge is -2.24. The highest BCUT2D eigenvalue weighted by molar-refractivity contribution is 5.85. The molecule has 1 unspecified atom stereocenters. The Balaban J connectivity index is 4.43. The summed E-state index contributed by atoms with van der Waals surface area (Å²) in [5.41, 5.74) is -0.579. The van der Waals surface area contributed by atoms with E-state index in [2.05, 4.69) is 5.32 Å². The first-order chi connectivity index (χ1) is 8.08. The molecule has 1 amide bonds. The van der Waals surface area contributed by atoms with Gasteiger partial charge in [0.05, 0.1) is 12.5 Å². The molecule has 0 aromatic heterocycles. The third-order valence-electron chi connectivity index (χ3n) is 2.46. The molecule has 0 aliphatic heterocycles. The van der Waals surface area contributed by atoms with Gasteiger partial charge < -0.3 is 15.2 Å². The number of carbonyl (C=O) groups is 2. The van der Waals surface area contributed by atoms with Gasteiger partial charge in [-0.2, -0.15) is 0 Å². The van der Waals surface area contributed by atoms with Gasteiger partial charge in [0.1, 0.15) is 11.6 Å². The van der Waals surface area contributed by atoms with Crippen LogP contribution in [0.5, 0.6) is 0 Å². The lowest BCUT2D eigenvalue weighted by atomic mass is 9.95. The van der Waals surface area contributed by atoms with Gasteiger partial charge in [0, 0.05) is 0 Å². The number of carbonyl (C=O) groups excluding carboxylic acids is 2. The Morgan fingerprint density at radius 2 is 1.72 bits per heavy atom. The molecule has 2 N–H and O–H groups in total. The molecule has 0 rings (SSSR count). The zero-order valence-corrected chi connectivity index (χ0v) is 12.1. The standard InChI is InChI=1S/C13H25NO4/c1-8(2)10(7-15)11(16)14-9(3)12(17)18-13(4,5)6/h8-10,15H,7H2,1-6H3,(H,14,16)/t9-,10?/m0/s1. The van der Waals surface area contributed by atoms with Crippen LogP contribution in [-0.4, -0.2) is 35.2 Å². The van der Waals surface area contributed by atoms with E-state index >= 15 is 0 Å². The van der Waals surface area contributed by atoms with E-state index in [-0.39, 0.29) is 18.4 Å². The fourth-order valence-electron chi connectivity index (χ4n) is 1.37. The molecule has 0 heterocycles. The molecule has 2 atom stereocenters. The topological polar surface area (TPSA) is 75.6 Å². The van der Waals surface area contributed by atoms with Crippen molar-refractivity contribution in [1.82, 2.24) is 5.32 Å². The number of hydrogen-bond donors (Lipinski definition) is 2. The van der Waals surface area contributed by atoms with Crippen LogP contribution in [0, 0.1) is 11.8 Å². The van der Waals surface area contributed by atoms with E-state index in [0.29, 0.717) is 0 Å². The van der Waals surface area contributed by atoms with Crippen LogP contribution in [-0.2, 0) is 14.3 Å². The molecule has 0 bridgehead atoms. The van der Waals surface area contributed by atoms with Crippen LogP contribution >= 0.6 is 0 Å². The molecule has 0 aliphatic rings. The van der Waals surface area contributed by atoms with Crippen LogP contribution in [0.15, 0.2) is 0 Å². The third kappa shape index (κ3) is 6.00. The maximum atomic E-state index is 11.8. The average Bonchev–Trinajstić information content (AvgIpc) is 2.14. The fraction of sp³-hybridized carbons (Fsp3) is 0.846. The highest BCUT2D eigenvalue weighted by atomic mass is 16.6. The first kappa shape index (κ1) is 16.9. The van der Waals surface area contributed by atoms with Gasteiger partial charge in [0.2, 0.25) is 5.91 Å². The summed E-state index contributed by atoms with van der Waals surface area (Å²) >= 11 is 0. The lowest BCUT2D eigenvalue weighted by Crippen LogP contribution is -2.46. The number of ether oxygens (including phenoxy) is 1. The molecule has 0 spiro atoms. The van der Waals surface area contributed by atoms with Crippen LogP contribution < -0.4 is 5.32 Å². The molecule has 0 aliphatic carbocycles. The average molecular weight is 259 g/mol. The zero-order chi connectivity index (χ0) is 14.5. The lowest BCUT2D eigenvalue weighted by molar-refractivity contribution is -0.158. The SMILES string of the molecule is CC(C)C(CO)C(=O)N[C@@H](C)C(=O)OC(C)(C)C. The second kappa shape index (κ2) is 6.73. The summed E-state index contributed by atoms with van der Waals surface area (Å²) in [6.07, 6.45) is 0. The minimum absolute atomic E-state index is 0.0147. The zero-order valence-electron chi connectivity index (χ0n) is 12.1. The molecule has 0 radical (unpaired) electrons. The van der Waals surface area contributed by atoms with Crippen molar-refractivity contribution in [2.75, 3.05) is 6.61 Å². The van der Waals surface area contributed by atoms with Crippen LogP contribution in [0.1, 0.15) is 41.5 Å². The van der Waals surface area contributed by atoms with Crippen molar-refractivity contribution in [2.45, 2.75) is 53.2 Å². The smallest absolute Gasteiger partial charge is 0.328 e. The van der Waals surface area contributed by atoms with Crippen molar-refractivity contribution in [3.8, 4) is 0 Å². The van der Waals surface area contributed by atoms with E-state index < -0.39 is 23.5 Å². The quantitative estimate of drug-likeness (QED) is 0.725. The molecule has 0 fully saturated rings. The van der Waals surface area contributed by atoms with Crippen LogP contribution in [0.4, 0.5) is 0 Å². The summed E-state index contributed by atoms with van der Waals surface area (Å²) in [6, 6.07) is -0.718. The Hall–Kier alpha value is -1.10. The van der Waals surface area contributed by atoms with Crippen LogP contribution in [0.3, 0.4) is 0 Å². The molecule has 0 saturated heterocycles. The summed E-state index contributed by atoms with van der Waals surface area (Å²) in [7, 11) is 0. The maximum Gasteiger partial charge on any atom is 0.328 e. The molecule has 0 saturated carbocycles. The van der Waals surface area contributed by atoms with Crippen molar-refractivity contribution >= 4 is 11.9 Å². The number of amides is 1. The first-order valence-electron chi connectivity index (χ1n) is 6.22. The highest BCUT2D eigenvalue weighted by Crippen LogP contribution is 2.12. The second-order valence-corrected chi connectivity index (χ2v) is 5.80. The van der Waals surface area contributed by atoms with Gasteiger partial charge in [0.15, 0.2) is 0 Å². The van der Waals surface area contributed by atoms with Crippen LogP contribution in [0.2, 0.25) is 0 Å². The van der Waals surface area contributed by atoms with Gasteiger partial charge in [-0.1, -0.05) is 13.8 Å². The number of hydrogen-bond acceptors (Lipinski definition) is 4. The molecular weight excluding hydrogens is 234 g/mol. The molecule has 5 heteroatoms. The Kier molecular flexibility index (Phi) is 6.32. The number of nitrogens with one attached hydrogen (secondary N) is 1. The van der Waals surface area contributed by atoms with E-state index in [1.54, 1.807) is 27.7 Å². The van der Waals surface area contributed by atoms with Crippen molar-refractivity contribution in [1.29, 1.82) is 0 Å². The van der Waals surface area contributed by atoms with E-state index in [9.17, 15) is 9.59 Å². The minimum atomic E-state index is -0.718. The van der Waals surface area contributed by atoms with Crippen LogP contribution in [0.25, 0.3) is 0 Å². The monoisotopic (exact) mass is 259 g/mol. The summed E-state index contributed by atoms with van der Waals surface area (Å²) in [5.74, 6) is -1.29. The van der Waals surface area contributed by atoms with E-state index in [4.69, 9.17) is 9.84 Å². The predicted molar refractivity (Wildman–Crippen MR) is 68.9 cm³/mol. The van der Waals surface area contributed by atoms with Gasteiger partial charge >= 0.3 is 5.97 Å². The summed E-state index contributed by atoms with van der Waals surface area (Å²) in [6.45, 7) is 10.3. The summed E-state index contributed by atoms with van der Waals surface area (Å²) in [5, 5.41) is 11.7. The van der Waals surface area contributed by atoms with E-state index in [1.165, 1.54) is 0 Å². The highest BCUT2D eigenvalue weighted by Gasteiger charge is 2.27. The van der Waals surface area contributed by atoms with E-state index in [0.717, 1.165) is 0 Å². The minimum Gasteiger partial charge on any atom is -0.458 e. The first-order valence-corrected chi connectivity index (χ1v) is 6.22. The van der Waals surface area contributed by atoms with Gasteiger partial charge in [-0.3, -0.25) is 4.79 Å². The van der Waals surface area contributed by atoms with Crippen molar-refractivity contribution in [3.63, 3.8) is 0 Å². The number of aliphatic hydroxyl groups excluding tert-OH is 1. The van der Waals surface area contributed by atoms with Gasteiger partial charge in [-0.15, -0.1) is 0 Å². The Morgan fingerprint density at radius 1 is 1.22 bits per heavy atom. The second-order valence-electron chi connectivity index (χ2n) is 5.80. The Labute approximate surface area is 109 Å². The summed E-state index contributed by atoms with van der Waals surface area (Å²) < 4.78 is 5.16. The molecule has 0 aromatic carbocycles. The number of esters is 1. The normalized spacial score (nSPS) is 15.1. The summed E-state index contributed by atoms with van der Waals surface area (Å²) in [4.78, 5) is 23.5. The third-order valence-corrected chi connectivity index (χ3v) is 2.46. The Morgan fingerprint density at radius 3 is 2.06 bits per heavy atom. The van der Waals surface area contributed by atoms with Crippen molar-refractivity contribution in [2.24, 2.45) is 11.8 Å². The van der Waals surface area contributed by atoms with Crippen molar-refractivity contribution in [3.05, 3.63) is 0 Å². The number of aliphatic hydroxyl groups is 1. The van der Waals surface area contributed by atoms with Crippen molar-refractivity contribution < 1.29 is 19.4 Å². The van der Waals surface area contributed by atoms with Gasteiger partial charge in [-0.05, 0) is 33.6 Å².